The topological polar surface area (TPSA) is 65.7 Å². The van der Waals surface area contributed by atoms with Crippen molar-refractivity contribution in [2.24, 2.45) is 0 Å². The smallest absolute Gasteiger partial charge is 0.166 e. The first-order chi connectivity index (χ1) is 15.1. The molecule has 31 heavy (non-hydrogen) atoms. The number of ether oxygens (including phenoxy) is 2. The van der Waals surface area contributed by atoms with Gasteiger partial charge in [0.05, 0.1) is 31.7 Å². The molecule has 0 spiro atoms. The highest BCUT2D eigenvalue weighted by molar-refractivity contribution is 6.30. The molecular weight excluding hydrogens is 414 g/mol. The van der Waals surface area contributed by atoms with Crippen LogP contribution in [0, 0.1) is 0 Å². The molecule has 0 saturated carbocycles. The molecule has 0 amide bonds. The van der Waals surface area contributed by atoms with Crippen LogP contribution in [0.3, 0.4) is 0 Å². The maximum Gasteiger partial charge on any atom is 0.166 e. The van der Waals surface area contributed by atoms with Crippen LogP contribution in [0.15, 0.2) is 54.9 Å². The molecule has 2 aromatic heterocycles. The standard InChI is InChI=1S/C24H20ClN3O3/c1-30-22-7-6-14(11-23(22)31-2)16-9-20-19(21(29)10-16)13-28-24(27-20)18(12-26-28)15-4-3-5-17(25)8-15/h3-8,11-13,16H,9-10H2,1-2H3. The van der Waals surface area contributed by atoms with Gasteiger partial charge in [0, 0.05) is 23.2 Å². The zero-order valence-electron chi connectivity index (χ0n) is 17.1. The van der Waals surface area contributed by atoms with E-state index in [9.17, 15) is 4.79 Å². The number of rotatable bonds is 4. The molecule has 1 unspecified atom stereocenters. The Morgan fingerprint density at radius 1 is 1.03 bits per heavy atom. The second kappa shape index (κ2) is 7.71. The Labute approximate surface area is 184 Å². The van der Waals surface area contributed by atoms with Crippen molar-refractivity contribution < 1.29 is 14.3 Å². The number of carbonyl (C=O) groups is 1. The Kier molecular flexibility index (Phi) is 4.87. The molecule has 4 aromatic rings. The van der Waals surface area contributed by atoms with Gasteiger partial charge in [-0.05, 0) is 47.7 Å². The first-order valence-corrected chi connectivity index (χ1v) is 10.3. The van der Waals surface area contributed by atoms with Crippen LogP contribution < -0.4 is 9.47 Å². The van der Waals surface area contributed by atoms with Crippen LogP contribution in [0.4, 0.5) is 0 Å². The number of methoxy groups -OCH3 is 2. The highest BCUT2D eigenvalue weighted by atomic mass is 35.5. The van der Waals surface area contributed by atoms with Gasteiger partial charge < -0.3 is 9.47 Å². The van der Waals surface area contributed by atoms with Gasteiger partial charge in [0.15, 0.2) is 22.9 Å². The number of benzene rings is 2. The van der Waals surface area contributed by atoms with E-state index in [1.54, 1.807) is 31.1 Å². The third kappa shape index (κ3) is 3.43. The third-order valence-electron chi connectivity index (χ3n) is 5.76. The number of hydrogen-bond donors (Lipinski definition) is 0. The number of aromatic nitrogens is 3. The first kappa shape index (κ1) is 19.6. The van der Waals surface area contributed by atoms with Crippen molar-refractivity contribution in [3.05, 3.63) is 76.7 Å². The summed E-state index contributed by atoms with van der Waals surface area (Å²) in [4.78, 5) is 17.8. The van der Waals surface area contributed by atoms with Crippen LogP contribution in [-0.4, -0.2) is 34.6 Å². The quantitative estimate of drug-likeness (QED) is 0.454. The fourth-order valence-corrected chi connectivity index (χ4v) is 4.37. The van der Waals surface area contributed by atoms with Gasteiger partial charge in [0.2, 0.25) is 0 Å². The molecule has 0 N–H and O–H groups in total. The minimum atomic E-state index is 0.0206. The summed E-state index contributed by atoms with van der Waals surface area (Å²) < 4.78 is 12.4. The number of carbonyl (C=O) groups excluding carboxylic acids is 1. The maximum atomic E-state index is 13.0. The van der Waals surface area contributed by atoms with Crippen molar-refractivity contribution in [1.29, 1.82) is 0 Å². The van der Waals surface area contributed by atoms with Crippen molar-refractivity contribution in [2.75, 3.05) is 14.2 Å². The third-order valence-corrected chi connectivity index (χ3v) is 5.99. The van der Waals surface area contributed by atoms with Crippen molar-refractivity contribution in [2.45, 2.75) is 18.8 Å². The highest BCUT2D eigenvalue weighted by Crippen LogP contribution is 2.37. The lowest BCUT2D eigenvalue weighted by Gasteiger charge is -2.24. The lowest BCUT2D eigenvalue weighted by molar-refractivity contribution is 0.0962. The van der Waals surface area contributed by atoms with E-state index in [0.29, 0.717) is 40.6 Å². The Morgan fingerprint density at radius 2 is 1.87 bits per heavy atom. The Balaban J connectivity index is 1.56. The number of halogens is 1. The largest absolute Gasteiger partial charge is 0.493 e. The molecule has 7 heteroatoms. The average molecular weight is 434 g/mol. The molecule has 0 bridgehead atoms. The molecule has 1 aliphatic carbocycles. The summed E-state index contributed by atoms with van der Waals surface area (Å²) in [6, 6.07) is 13.4. The molecule has 5 rings (SSSR count). The van der Waals surface area contributed by atoms with Crippen LogP contribution in [0.25, 0.3) is 16.8 Å². The molecule has 0 radical (unpaired) electrons. The maximum absolute atomic E-state index is 13.0. The molecule has 2 heterocycles. The molecule has 1 aliphatic rings. The van der Waals surface area contributed by atoms with E-state index in [-0.39, 0.29) is 11.7 Å². The molecule has 1 atom stereocenters. The molecule has 2 aromatic carbocycles. The summed E-state index contributed by atoms with van der Waals surface area (Å²) in [7, 11) is 3.22. The summed E-state index contributed by atoms with van der Waals surface area (Å²) in [6.45, 7) is 0. The fourth-order valence-electron chi connectivity index (χ4n) is 4.18. The minimum absolute atomic E-state index is 0.0206. The van der Waals surface area contributed by atoms with Gasteiger partial charge in [-0.1, -0.05) is 29.8 Å². The lowest BCUT2D eigenvalue weighted by Crippen LogP contribution is -2.21. The number of hydrogen-bond acceptors (Lipinski definition) is 5. The van der Waals surface area contributed by atoms with E-state index in [4.69, 9.17) is 26.1 Å². The lowest BCUT2D eigenvalue weighted by atomic mass is 9.82. The van der Waals surface area contributed by atoms with E-state index in [1.165, 1.54) is 0 Å². The van der Waals surface area contributed by atoms with Crippen molar-refractivity contribution in [3.8, 4) is 22.6 Å². The number of Topliss-reactive ketones (excluding diaryl/α,β-unsaturated/α-hetero) is 1. The van der Waals surface area contributed by atoms with Crippen molar-refractivity contribution in [1.82, 2.24) is 14.6 Å². The van der Waals surface area contributed by atoms with Crippen LogP contribution >= 0.6 is 11.6 Å². The number of nitrogens with zero attached hydrogens (tertiary/aromatic N) is 3. The van der Waals surface area contributed by atoms with Crippen LogP contribution in [0.1, 0.15) is 34.0 Å². The predicted octanol–water partition coefficient (Wildman–Crippen LogP) is 4.98. The van der Waals surface area contributed by atoms with Crippen molar-refractivity contribution >= 4 is 23.0 Å². The van der Waals surface area contributed by atoms with E-state index in [1.807, 2.05) is 42.5 Å². The van der Waals surface area contributed by atoms with Crippen LogP contribution in [-0.2, 0) is 6.42 Å². The first-order valence-electron chi connectivity index (χ1n) is 9.95. The molecular formula is C24H20ClN3O3. The van der Waals surface area contributed by atoms with Gasteiger partial charge >= 0.3 is 0 Å². The van der Waals surface area contributed by atoms with Gasteiger partial charge in [-0.25, -0.2) is 9.50 Å². The summed E-state index contributed by atoms with van der Waals surface area (Å²) in [5.41, 5.74) is 4.97. The van der Waals surface area contributed by atoms with E-state index in [0.717, 1.165) is 22.4 Å². The van der Waals surface area contributed by atoms with Gasteiger partial charge in [-0.15, -0.1) is 0 Å². The monoisotopic (exact) mass is 433 g/mol. The molecule has 156 valence electrons. The Bertz CT molecular complexity index is 1310. The summed E-state index contributed by atoms with van der Waals surface area (Å²) in [5, 5.41) is 5.07. The minimum Gasteiger partial charge on any atom is -0.493 e. The fraction of sp³-hybridized carbons (Fsp3) is 0.208. The Morgan fingerprint density at radius 3 is 2.65 bits per heavy atom. The van der Waals surface area contributed by atoms with Crippen LogP contribution in [0.5, 0.6) is 11.5 Å². The van der Waals surface area contributed by atoms with E-state index < -0.39 is 0 Å². The molecule has 0 fully saturated rings. The second-order valence-electron chi connectivity index (χ2n) is 7.58. The van der Waals surface area contributed by atoms with E-state index >= 15 is 0 Å². The number of ketones is 1. The normalized spacial score (nSPS) is 15.7. The van der Waals surface area contributed by atoms with E-state index in [2.05, 4.69) is 5.10 Å². The number of fused-ring (bicyclic) bond motifs is 2. The zero-order valence-corrected chi connectivity index (χ0v) is 17.9. The SMILES string of the molecule is COc1ccc(C2CC(=O)c3cn4ncc(-c5cccc(Cl)c5)c4nc3C2)cc1OC. The molecule has 0 aliphatic heterocycles. The molecule has 0 saturated heterocycles. The highest BCUT2D eigenvalue weighted by Gasteiger charge is 2.29. The summed E-state index contributed by atoms with van der Waals surface area (Å²) in [5.74, 6) is 1.40. The summed E-state index contributed by atoms with van der Waals surface area (Å²) >= 11 is 6.17. The van der Waals surface area contributed by atoms with Crippen LogP contribution in [0.2, 0.25) is 5.02 Å². The summed E-state index contributed by atoms with van der Waals surface area (Å²) in [6.07, 6.45) is 4.62. The van der Waals surface area contributed by atoms with Gasteiger partial charge in [0.1, 0.15) is 0 Å². The van der Waals surface area contributed by atoms with Gasteiger partial charge in [-0.3, -0.25) is 4.79 Å². The van der Waals surface area contributed by atoms with Gasteiger partial charge in [0.25, 0.3) is 0 Å². The van der Waals surface area contributed by atoms with Gasteiger partial charge in [-0.2, -0.15) is 5.10 Å². The second-order valence-corrected chi connectivity index (χ2v) is 8.02. The average Bonchev–Trinajstić information content (AvgIpc) is 3.20. The predicted molar refractivity (Wildman–Crippen MR) is 118 cm³/mol. The van der Waals surface area contributed by atoms with Crippen molar-refractivity contribution in [3.63, 3.8) is 0 Å². The molecule has 6 nitrogen and oxygen atoms in total. The Hall–Kier alpha value is -3.38. The zero-order chi connectivity index (χ0) is 21.5.